The molecule has 1 atom stereocenters. The van der Waals surface area contributed by atoms with Gasteiger partial charge in [0.15, 0.2) is 0 Å². The van der Waals surface area contributed by atoms with Crippen molar-refractivity contribution < 1.29 is 14.3 Å². The molecule has 0 bridgehead atoms. The molecular formula is C20H24N4O3. The quantitative estimate of drug-likeness (QED) is 0.869. The zero-order valence-corrected chi connectivity index (χ0v) is 15.6. The van der Waals surface area contributed by atoms with Gasteiger partial charge in [-0.1, -0.05) is 19.9 Å². The number of anilines is 1. The van der Waals surface area contributed by atoms with E-state index in [1.807, 2.05) is 32.2 Å². The topological polar surface area (TPSA) is 87.3 Å². The summed E-state index contributed by atoms with van der Waals surface area (Å²) in [6.07, 6.45) is 4.21. The largest absolute Gasteiger partial charge is 0.442 e. The maximum absolute atomic E-state index is 12.3. The Kier molecular flexibility index (Phi) is 4.59. The molecule has 7 heteroatoms. The SMILES string of the molecule is CC(C)C(=O)NC[C@H]1CN(c2ccc3c(c2)CCCc2cn[nH]c2-3)C(=O)O1. The van der Waals surface area contributed by atoms with Crippen molar-refractivity contribution in [3.8, 4) is 11.3 Å². The molecule has 27 heavy (non-hydrogen) atoms. The number of aromatic nitrogens is 2. The second kappa shape index (κ2) is 7.06. The van der Waals surface area contributed by atoms with Crippen LogP contribution in [0, 0.1) is 5.92 Å². The average Bonchev–Trinajstić information content (AvgIpc) is 3.22. The lowest BCUT2D eigenvalue weighted by molar-refractivity contribution is -0.124. The smallest absolute Gasteiger partial charge is 0.414 e. The predicted molar refractivity (Wildman–Crippen MR) is 102 cm³/mol. The molecule has 2 amide bonds. The number of rotatable bonds is 4. The van der Waals surface area contributed by atoms with Gasteiger partial charge in [-0.15, -0.1) is 0 Å². The molecule has 0 radical (unpaired) electrons. The lowest BCUT2D eigenvalue weighted by Gasteiger charge is -2.16. The third-order valence-corrected chi connectivity index (χ3v) is 5.18. The van der Waals surface area contributed by atoms with Crippen molar-refractivity contribution in [3.63, 3.8) is 0 Å². The number of hydrogen-bond acceptors (Lipinski definition) is 4. The molecule has 2 aliphatic rings. The van der Waals surface area contributed by atoms with Gasteiger partial charge in [-0.25, -0.2) is 4.79 Å². The molecule has 142 valence electrons. The van der Waals surface area contributed by atoms with E-state index >= 15 is 0 Å². The molecule has 7 nitrogen and oxygen atoms in total. The summed E-state index contributed by atoms with van der Waals surface area (Å²) >= 11 is 0. The number of amides is 2. The molecule has 0 saturated carbocycles. The summed E-state index contributed by atoms with van der Waals surface area (Å²) in [6, 6.07) is 6.07. The second-order valence-electron chi connectivity index (χ2n) is 7.48. The lowest BCUT2D eigenvalue weighted by atomic mass is 10.0. The van der Waals surface area contributed by atoms with E-state index in [0.717, 1.165) is 36.2 Å². The molecule has 2 N–H and O–H groups in total. The summed E-state index contributed by atoms with van der Waals surface area (Å²) in [5, 5.41) is 10.1. The van der Waals surface area contributed by atoms with E-state index in [-0.39, 0.29) is 24.0 Å². The van der Waals surface area contributed by atoms with Gasteiger partial charge in [0.1, 0.15) is 6.10 Å². The van der Waals surface area contributed by atoms with Crippen molar-refractivity contribution in [2.45, 2.75) is 39.2 Å². The molecule has 2 aromatic rings. The Morgan fingerprint density at radius 2 is 2.19 bits per heavy atom. The van der Waals surface area contributed by atoms with Crippen LogP contribution >= 0.6 is 0 Å². The number of nitrogens with one attached hydrogen (secondary N) is 2. The summed E-state index contributed by atoms with van der Waals surface area (Å²) < 4.78 is 5.43. The fraction of sp³-hybridized carbons (Fsp3) is 0.450. The first-order valence-corrected chi connectivity index (χ1v) is 9.44. The van der Waals surface area contributed by atoms with E-state index in [0.29, 0.717) is 13.1 Å². The highest BCUT2D eigenvalue weighted by molar-refractivity contribution is 5.90. The summed E-state index contributed by atoms with van der Waals surface area (Å²) in [7, 11) is 0. The van der Waals surface area contributed by atoms with Gasteiger partial charge in [-0.05, 0) is 42.5 Å². The van der Waals surface area contributed by atoms with Crippen LogP contribution in [-0.4, -0.2) is 41.4 Å². The number of carbonyl (C=O) groups excluding carboxylic acids is 2. The van der Waals surface area contributed by atoms with Crippen LogP contribution in [0.15, 0.2) is 24.4 Å². The molecule has 2 heterocycles. The second-order valence-corrected chi connectivity index (χ2v) is 7.48. The fourth-order valence-corrected chi connectivity index (χ4v) is 3.66. The Morgan fingerprint density at radius 3 is 3.00 bits per heavy atom. The normalized spacial score (nSPS) is 18.7. The van der Waals surface area contributed by atoms with Crippen molar-refractivity contribution in [1.82, 2.24) is 15.5 Å². The van der Waals surface area contributed by atoms with Gasteiger partial charge in [0.05, 0.1) is 25.0 Å². The third kappa shape index (κ3) is 3.41. The molecule has 0 unspecified atom stereocenters. The number of aryl methyl sites for hydroxylation is 2. The minimum Gasteiger partial charge on any atom is -0.442 e. The van der Waals surface area contributed by atoms with Crippen LogP contribution in [0.5, 0.6) is 0 Å². The molecule has 0 spiro atoms. The molecule has 1 aliphatic carbocycles. The number of cyclic esters (lactones) is 1. The van der Waals surface area contributed by atoms with Crippen LogP contribution in [0.2, 0.25) is 0 Å². The van der Waals surface area contributed by atoms with Gasteiger partial charge in [-0.2, -0.15) is 5.10 Å². The Hall–Kier alpha value is -2.83. The first-order chi connectivity index (χ1) is 13.0. The van der Waals surface area contributed by atoms with E-state index in [1.165, 1.54) is 11.1 Å². The van der Waals surface area contributed by atoms with Gasteiger partial charge < -0.3 is 10.1 Å². The number of aromatic amines is 1. The highest BCUT2D eigenvalue weighted by atomic mass is 16.6. The summed E-state index contributed by atoms with van der Waals surface area (Å²) in [5.41, 5.74) is 5.51. The van der Waals surface area contributed by atoms with E-state index in [2.05, 4.69) is 21.6 Å². The zero-order chi connectivity index (χ0) is 19.0. The van der Waals surface area contributed by atoms with Gasteiger partial charge in [0.25, 0.3) is 0 Å². The zero-order valence-electron chi connectivity index (χ0n) is 15.6. The van der Waals surface area contributed by atoms with Crippen LogP contribution in [0.25, 0.3) is 11.3 Å². The minimum absolute atomic E-state index is 0.0371. The van der Waals surface area contributed by atoms with E-state index in [9.17, 15) is 9.59 Å². The third-order valence-electron chi connectivity index (χ3n) is 5.18. The van der Waals surface area contributed by atoms with Crippen molar-refractivity contribution in [2.24, 2.45) is 5.92 Å². The predicted octanol–water partition coefficient (Wildman–Crippen LogP) is 2.66. The molecule has 1 aromatic heterocycles. The lowest BCUT2D eigenvalue weighted by Crippen LogP contribution is -2.36. The summed E-state index contributed by atoms with van der Waals surface area (Å²) in [4.78, 5) is 25.7. The Labute approximate surface area is 158 Å². The van der Waals surface area contributed by atoms with Crippen molar-refractivity contribution in [2.75, 3.05) is 18.0 Å². The highest BCUT2D eigenvalue weighted by Gasteiger charge is 2.33. The maximum atomic E-state index is 12.3. The number of ether oxygens (including phenoxy) is 1. The number of H-pyrrole nitrogens is 1. The molecule has 1 saturated heterocycles. The van der Waals surface area contributed by atoms with E-state index in [4.69, 9.17) is 4.74 Å². The highest BCUT2D eigenvalue weighted by Crippen LogP contribution is 2.34. The number of nitrogens with zero attached hydrogens (tertiary/aromatic N) is 2. The number of hydrogen-bond donors (Lipinski definition) is 2. The summed E-state index contributed by atoms with van der Waals surface area (Å²) in [6.45, 7) is 4.44. The molecule has 1 aliphatic heterocycles. The Morgan fingerprint density at radius 1 is 1.37 bits per heavy atom. The molecule has 1 aromatic carbocycles. The Bertz CT molecular complexity index is 874. The van der Waals surface area contributed by atoms with Crippen LogP contribution < -0.4 is 10.2 Å². The monoisotopic (exact) mass is 368 g/mol. The van der Waals surface area contributed by atoms with Gasteiger partial charge in [-0.3, -0.25) is 14.8 Å². The van der Waals surface area contributed by atoms with Crippen LogP contribution in [0.3, 0.4) is 0 Å². The van der Waals surface area contributed by atoms with Gasteiger partial charge >= 0.3 is 6.09 Å². The molecule has 4 rings (SSSR count). The van der Waals surface area contributed by atoms with Gasteiger partial charge in [0.2, 0.25) is 5.91 Å². The first-order valence-electron chi connectivity index (χ1n) is 9.44. The van der Waals surface area contributed by atoms with Crippen molar-refractivity contribution in [1.29, 1.82) is 0 Å². The molecular weight excluding hydrogens is 344 g/mol. The van der Waals surface area contributed by atoms with Crippen LogP contribution in [-0.2, 0) is 22.4 Å². The maximum Gasteiger partial charge on any atom is 0.414 e. The van der Waals surface area contributed by atoms with Crippen molar-refractivity contribution >= 4 is 17.7 Å². The van der Waals surface area contributed by atoms with Crippen LogP contribution in [0.4, 0.5) is 10.5 Å². The Balaban J connectivity index is 1.51. The minimum atomic E-state index is -0.366. The van der Waals surface area contributed by atoms with Crippen molar-refractivity contribution in [3.05, 3.63) is 35.5 Å². The first kappa shape index (κ1) is 17.6. The number of fused-ring (bicyclic) bond motifs is 3. The number of carbonyl (C=O) groups is 2. The van der Waals surface area contributed by atoms with Crippen LogP contribution in [0.1, 0.15) is 31.4 Å². The van der Waals surface area contributed by atoms with Gasteiger partial charge in [0, 0.05) is 17.2 Å². The summed E-state index contributed by atoms with van der Waals surface area (Å²) in [5.74, 6) is -0.125. The fourth-order valence-electron chi connectivity index (χ4n) is 3.66. The van der Waals surface area contributed by atoms with E-state index < -0.39 is 0 Å². The average molecular weight is 368 g/mol. The van der Waals surface area contributed by atoms with E-state index in [1.54, 1.807) is 4.90 Å². The standard InChI is InChI=1S/C20H24N4O3/c1-12(2)19(25)21-10-16-11-24(20(26)27-16)15-6-7-17-13(8-15)4-3-5-14-9-22-23-18(14)17/h6-9,12,16H,3-5,10-11H2,1-2H3,(H,21,25)(H,22,23)/t16-/m0/s1. The molecule has 1 fully saturated rings. The number of benzene rings is 1.